The molecule has 4 nitrogen and oxygen atoms in total. The van der Waals surface area contributed by atoms with Crippen molar-refractivity contribution in [2.45, 2.75) is 0 Å². The maximum absolute atomic E-state index is 11.5. The Kier molecular flexibility index (Phi) is 1.35. The fourth-order valence-electron chi connectivity index (χ4n) is 1.82. The van der Waals surface area contributed by atoms with Crippen molar-refractivity contribution in [2.24, 2.45) is 7.05 Å². The summed E-state index contributed by atoms with van der Waals surface area (Å²) >= 11 is 3.44. The van der Waals surface area contributed by atoms with Gasteiger partial charge in [-0.25, -0.2) is 0 Å². The van der Waals surface area contributed by atoms with E-state index in [0.29, 0.717) is 11.4 Å². The highest BCUT2D eigenvalue weighted by atomic mass is 79.9. The normalized spacial score (nSPS) is 13.7. The van der Waals surface area contributed by atoms with E-state index in [-0.39, 0.29) is 5.91 Å². The summed E-state index contributed by atoms with van der Waals surface area (Å²) in [4.78, 5) is 11.5. The lowest BCUT2D eigenvalue weighted by molar-refractivity contribution is 0.103. The lowest BCUT2D eigenvalue weighted by Crippen LogP contribution is -2.07. The van der Waals surface area contributed by atoms with Crippen LogP contribution in [-0.2, 0) is 7.05 Å². The van der Waals surface area contributed by atoms with E-state index in [4.69, 9.17) is 0 Å². The first kappa shape index (κ1) is 7.99. The standard InChI is InChI=1S/C9H6BrN3O/c1-13-7-5(10)3-2-4-6(7)8(12-13)11-9(4)14/h2-3H,1H3,(H,11,12,14). The monoisotopic (exact) mass is 251 g/mol. The van der Waals surface area contributed by atoms with E-state index in [1.807, 2.05) is 13.1 Å². The van der Waals surface area contributed by atoms with E-state index < -0.39 is 0 Å². The van der Waals surface area contributed by atoms with Gasteiger partial charge in [0.2, 0.25) is 0 Å². The smallest absolute Gasteiger partial charge is 0.257 e. The van der Waals surface area contributed by atoms with Crippen molar-refractivity contribution in [1.82, 2.24) is 9.78 Å². The molecule has 70 valence electrons. The highest BCUT2D eigenvalue weighted by Crippen LogP contribution is 2.35. The molecule has 1 aliphatic rings. The van der Waals surface area contributed by atoms with Crippen molar-refractivity contribution >= 4 is 38.6 Å². The summed E-state index contributed by atoms with van der Waals surface area (Å²) in [5.74, 6) is 0.587. The first-order chi connectivity index (χ1) is 6.68. The number of nitrogens with one attached hydrogen (secondary N) is 1. The molecule has 1 aromatic heterocycles. The molecule has 2 heterocycles. The van der Waals surface area contributed by atoms with Gasteiger partial charge >= 0.3 is 0 Å². The number of rotatable bonds is 0. The largest absolute Gasteiger partial charge is 0.305 e. The Morgan fingerprint density at radius 1 is 1.50 bits per heavy atom. The molecule has 0 unspecified atom stereocenters. The van der Waals surface area contributed by atoms with Crippen molar-refractivity contribution in [3.63, 3.8) is 0 Å². The molecule has 5 heteroatoms. The molecule has 0 saturated heterocycles. The second-order valence-electron chi connectivity index (χ2n) is 3.24. The number of nitrogens with zero attached hydrogens (tertiary/aromatic N) is 2. The average molecular weight is 252 g/mol. The Balaban J connectivity index is 2.60. The first-order valence-electron chi connectivity index (χ1n) is 4.15. The number of aromatic nitrogens is 2. The molecule has 1 N–H and O–H groups in total. The number of carbonyl (C=O) groups excluding carboxylic acids is 1. The van der Waals surface area contributed by atoms with Crippen LogP contribution in [0.4, 0.5) is 5.82 Å². The van der Waals surface area contributed by atoms with Crippen LogP contribution in [0.2, 0.25) is 0 Å². The topological polar surface area (TPSA) is 46.9 Å². The predicted molar refractivity (Wildman–Crippen MR) is 56.4 cm³/mol. The number of amides is 1. The van der Waals surface area contributed by atoms with Gasteiger partial charge in [-0.05, 0) is 28.1 Å². The van der Waals surface area contributed by atoms with E-state index in [0.717, 1.165) is 15.4 Å². The van der Waals surface area contributed by atoms with Gasteiger partial charge in [0.05, 0.1) is 16.5 Å². The second-order valence-corrected chi connectivity index (χ2v) is 4.10. The van der Waals surface area contributed by atoms with Crippen LogP contribution in [0.15, 0.2) is 16.6 Å². The van der Waals surface area contributed by atoms with Crippen LogP contribution < -0.4 is 5.32 Å². The van der Waals surface area contributed by atoms with Crippen LogP contribution in [0.25, 0.3) is 10.9 Å². The second kappa shape index (κ2) is 2.36. The minimum Gasteiger partial charge on any atom is -0.305 e. The predicted octanol–water partition coefficient (Wildman–Crippen LogP) is 1.90. The number of hydrogen-bond acceptors (Lipinski definition) is 2. The quantitative estimate of drug-likeness (QED) is 0.778. The SMILES string of the molecule is Cn1nc2c3c(ccc(Br)c31)C(=O)N2. The molecule has 14 heavy (non-hydrogen) atoms. The summed E-state index contributed by atoms with van der Waals surface area (Å²) in [6.45, 7) is 0. The Morgan fingerprint density at radius 2 is 2.29 bits per heavy atom. The molecule has 1 aliphatic heterocycles. The highest BCUT2D eigenvalue weighted by Gasteiger charge is 2.26. The zero-order valence-electron chi connectivity index (χ0n) is 7.34. The Hall–Kier alpha value is -1.36. The number of benzene rings is 1. The summed E-state index contributed by atoms with van der Waals surface area (Å²) in [6, 6.07) is 3.67. The summed E-state index contributed by atoms with van der Waals surface area (Å²) < 4.78 is 2.71. The van der Waals surface area contributed by atoms with E-state index >= 15 is 0 Å². The molecule has 0 fully saturated rings. The fraction of sp³-hybridized carbons (Fsp3) is 0.111. The minimum atomic E-state index is -0.0689. The highest BCUT2D eigenvalue weighted by molar-refractivity contribution is 9.10. The summed E-state index contributed by atoms with van der Waals surface area (Å²) in [6.07, 6.45) is 0. The number of aryl methyl sites for hydroxylation is 1. The third kappa shape index (κ3) is 0.778. The number of hydrogen-bond donors (Lipinski definition) is 1. The number of anilines is 1. The molecular weight excluding hydrogens is 246 g/mol. The van der Waals surface area contributed by atoms with Crippen molar-refractivity contribution in [3.8, 4) is 0 Å². The van der Waals surface area contributed by atoms with Crippen molar-refractivity contribution < 1.29 is 4.79 Å². The Morgan fingerprint density at radius 3 is 3.07 bits per heavy atom. The molecule has 3 rings (SSSR count). The molecule has 0 spiro atoms. The van der Waals surface area contributed by atoms with Crippen LogP contribution in [0.1, 0.15) is 10.4 Å². The van der Waals surface area contributed by atoms with Crippen molar-refractivity contribution in [3.05, 3.63) is 22.2 Å². The van der Waals surface area contributed by atoms with Crippen LogP contribution in [-0.4, -0.2) is 15.7 Å². The molecule has 2 aromatic rings. The van der Waals surface area contributed by atoms with Crippen LogP contribution >= 0.6 is 15.9 Å². The average Bonchev–Trinajstić information content (AvgIpc) is 2.58. The van der Waals surface area contributed by atoms with Gasteiger partial charge in [-0.2, -0.15) is 5.10 Å². The Labute approximate surface area is 88.0 Å². The lowest BCUT2D eigenvalue weighted by Gasteiger charge is -1.99. The molecule has 0 aliphatic carbocycles. The van der Waals surface area contributed by atoms with Gasteiger partial charge in [-0.3, -0.25) is 9.48 Å². The molecule has 0 bridgehead atoms. The zero-order valence-corrected chi connectivity index (χ0v) is 8.92. The van der Waals surface area contributed by atoms with Gasteiger partial charge in [0.15, 0.2) is 5.82 Å². The van der Waals surface area contributed by atoms with Crippen LogP contribution in [0, 0.1) is 0 Å². The summed E-state index contributed by atoms with van der Waals surface area (Å²) in [5.41, 5.74) is 1.65. The van der Waals surface area contributed by atoms with Crippen LogP contribution in [0.5, 0.6) is 0 Å². The summed E-state index contributed by atoms with van der Waals surface area (Å²) in [7, 11) is 1.86. The van der Waals surface area contributed by atoms with Crippen molar-refractivity contribution in [1.29, 1.82) is 0 Å². The molecule has 0 saturated carbocycles. The van der Waals surface area contributed by atoms with Gasteiger partial charge in [0.1, 0.15) is 0 Å². The fourth-order valence-corrected chi connectivity index (χ4v) is 2.41. The number of carbonyl (C=O) groups is 1. The minimum absolute atomic E-state index is 0.0689. The van der Waals surface area contributed by atoms with E-state index in [1.165, 1.54) is 0 Å². The molecule has 1 amide bonds. The third-order valence-corrected chi connectivity index (χ3v) is 3.06. The third-order valence-electron chi connectivity index (χ3n) is 2.42. The number of halogens is 1. The van der Waals surface area contributed by atoms with Gasteiger partial charge < -0.3 is 5.32 Å². The van der Waals surface area contributed by atoms with E-state index in [9.17, 15) is 4.79 Å². The van der Waals surface area contributed by atoms with Gasteiger partial charge in [-0.15, -0.1) is 0 Å². The van der Waals surface area contributed by atoms with E-state index in [2.05, 4.69) is 26.3 Å². The van der Waals surface area contributed by atoms with Crippen molar-refractivity contribution in [2.75, 3.05) is 5.32 Å². The van der Waals surface area contributed by atoms with E-state index in [1.54, 1.807) is 10.7 Å². The zero-order chi connectivity index (χ0) is 9.87. The molecule has 1 aromatic carbocycles. The Bertz CT molecular complexity index is 573. The molecule has 0 radical (unpaired) electrons. The summed E-state index contributed by atoms with van der Waals surface area (Å²) in [5, 5.41) is 7.86. The first-order valence-corrected chi connectivity index (χ1v) is 4.94. The maximum atomic E-state index is 11.5. The van der Waals surface area contributed by atoms with Crippen LogP contribution in [0.3, 0.4) is 0 Å². The van der Waals surface area contributed by atoms with Gasteiger partial charge in [-0.1, -0.05) is 0 Å². The molecular formula is C9H6BrN3O. The maximum Gasteiger partial charge on any atom is 0.257 e. The molecule has 0 atom stereocenters. The van der Waals surface area contributed by atoms with Gasteiger partial charge in [0.25, 0.3) is 5.91 Å². The lowest BCUT2D eigenvalue weighted by atomic mass is 10.1. The van der Waals surface area contributed by atoms with Gasteiger partial charge in [0, 0.05) is 11.5 Å².